The number of fused-ring (bicyclic) bond motifs is 1. The highest BCUT2D eigenvalue weighted by Gasteiger charge is 2.10. The van der Waals surface area contributed by atoms with Gasteiger partial charge in [-0.15, -0.1) is 0 Å². The standard InChI is InChI=1S/C22H25N7OS/c1-5-17(16(2)31-22(23-3)11-19-9-10-28(4)27-19)12-25-29(15-30)14-18-7-6-8-21-20(18)13-24-26-21/h5-10,12-13,15H,2,11,14H2,1,3-4H3,(H,24,26)/b17-5+,23-22?,25-12-. The molecule has 160 valence electrons. The summed E-state index contributed by atoms with van der Waals surface area (Å²) in [5, 5.41) is 19.0. The minimum absolute atomic E-state index is 0.342. The average Bonchev–Trinajstić information content (AvgIpc) is 3.41. The van der Waals surface area contributed by atoms with E-state index in [1.54, 1.807) is 24.1 Å². The maximum absolute atomic E-state index is 11.6. The number of hydrazone groups is 1. The number of thioether (sulfide) groups is 1. The van der Waals surface area contributed by atoms with Crippen LogP contribution in [0.3, 0.4) is 0 Å². The van der Waals surface area contributed by atoms with Crippen LogP contribution in [0.5, 0.6) is 0 Å². The van der Waals surface area contributed by atoms with Crippen LogP contribution >= 0.6 is 11.8 Å². The van der Waals surface area contributed by atoms with Crippen molar-refractivity contribution in [3.8, 4) is 0 Å². The topological polar surface area (TPSA) is 91.5 Å². The molecule has 2 heterocycles. The van der Waals surface area contributed by atoms with E-state index in [2.05, 4.69) is 32.0 Å². The van der Waals surface area contributed by atoms with E-state index < -0.39 is 0 Å². The molecule has 0 fully saturated rings. The van der Waals surface area contributed by atoms with E-state index >= 15 is 0 Å². The molecular formula is C22H25N7OS. The Morgan fingerprint density at radius 1 is 1.39 bits per heavy atom. The molecule has 0 saturated heterocycles. The summed E-state index contributed by atoms with van der Waals surface area (Å²) in [4.78, 5) is 16.8. The summed E-state index contributed by atoms with van der Waals surface area (Å²) in [6.45, 7) is 6.41. The lowest BCUT2D eigenvalue weighted by molar-refractivity contribution is -0.118. The number of aryl methyl sites for hydroxylation is 1. The number of amides is 1. The molecule has 2 aromatic heterocycles. The molecule has 0 aliphatic carbocycles. The first-order chi connectivity index (χ1) is 15.0. The van der Waals surface area contributed by atoms with Crippen LogP contribution < -0.4 is 0 Å². The Balaban J connectivity index is 1.66. The summed E-state index contributed by atoms with van der Waals surface area (Å²) in [6, 6.07) is 7.79. The highest BCUT2D eigenvalue weighted by Crippen LogP contribution is 2.24. The number of rotatable bonds is 9. The first kappa shape index (κ1) is 22.2. The van der Waals surface area contributed by atoms with Gasteiger partial charge in [0.1, 0.15) is 0 Å². The first-order valence-electron chi connectivity index (χ1n) is 9.68. The van der Waals surface area contributed by atoms with Gasteiger partial charge >= 0.3 is 0 Å². The van der Waals surface area contributed by atoms with Crippen molar-refractivity contribution in [2.45, 2.75) is 19.9 Å². The summed E-state index contributed by atoms with van der Waals surface area (Å²) in [6.07, 6.45) is 8.55. The van der Waals surface area contributed by atoms with Crippen molar-refractivity contribution < 1.29 is 4.79 Å². The molecule has 0 radical (unpaired) electrons. The third-order valence-electron chi connectivity index (χ3n) is 4.60. The van der Waals surface area contributed by atoms with Crippen molar-refractivity contribution in [3.63, 3.8) is 0 Å². The number of allylic oxidation sites excluding steroid dienone is 2. The number of hydrogen-bond acceptors (Lipinski definition) is 6. The van der Waals surface area contributed by atoms with Gasteiger partial charge in [0, 0.05) is 42.6 Å². The van der Waals surface area contributed by atoms with Crippen molar-refractivity contribution in [3.05, 3.63) is 71.0 Å². The molecule has 8 nitrogen and oxygen atoms in total. The molecular weight excluding hydrogens is 410 g/mol. The lowest BCUT2D eigenvalue weighted by Crippen LogP contribution is -2.15. The number of H-pyrrole nitrogens is 1. The summed E-state index contributed by atoms with van der Waals surface area (Å²) in [5.74, 6) is 0. The third kappa shape index (κ3) is 5.79. The van der Waals surface area contributed by atoms with Gasteiger partial charge in [-0.05, 0) is 24.6 Å². The zero-order chi connectivity index (χ0) is 22.2. The molecule has 9 heteroatoms. The number of aromatic amines is 1. The maximum Gasteiger partial charge on any atom is 0.230 e. The molecule has 0 atom stereocenters. The van der Waals surface area contributed by atoms with E-state index in [1.165, 1.54) is 16.8 Å². The van der Waals surface area contributed by atoms with Crippen LogP contribution in [0.15, 0.2) is 69.9 Å². The molecule has 1 amide bonds. The third-order valence-corrected chi connectivity index (χ3v) is 5.64. The number of aromatic nitrogens is 4. The summed E-state index contributed by atoms with van der Waals surface area (Å²) < 4.78 is 1.77. The minimum Gasteiger partial charge on any atom is -0.285 e. The molecule has 0 bridgehead atoms. The lowest BCUT2D eigenvalue weighted by Gasteiger charge is -2.13. The SMILES string of the molecule is C=C(SC(Cc1ccn(C)n1)=NC)C(/C=N\N(C=O)Cc1cccc2[nH]ncc12)=C/C. The molecule has 3 aromatic rings. The number of aliphatic imine (C=N–C) groups is 1. The van der Waals surface area contributed by atoms with Crippen LogP contribution in [0.1, 0.15) is 18.2 Å². The van der Waals surface area contributed by atoms with Crippen molar-refractivity contribution in [1.29, 1.82) is 0 Å². The Labute approximate surface area is 185 Å². The minimum atomic E-state index is 0.342. The van der Waals surface area contributed by atoms with Gasteiger partial charge in [0.05, 0.1) is 35.2 Å². The molecule has 0 unspecified atom stereocenters. The van der Waals surface area contributed by atoms with Gasteiger partial charge in [0.25, 0.3) is 0 Å². The fourth-order valence-corrected chi connectivity index (χ4v) is 3.85. The molecule has 0 spiro atoms. The van der Waals surface area contributed by atoms with E-state index in [1.807, 2.05) is 50.5 Å². The molecule has 0 aliphatic heterocycles. The fraction of sp³-hybridized carbons (Fsp3) is 0.227. The Morgan fingerprint density at radius 2 is 2.23 bits per heavy atom. The molecule has 3 rings (SSSR count). The monoisotopic (exact) mass is 435 g/mol. The Morgan fingerprint density at radius 3 is 2.90 bits per heavy atom. The van der Waals surface area contributed by atoms with Gasteiger partial charge in [-0.25, -0.2) is 5.01 Å². The molecule has 0 aliphatic rings. The Kier molecular flexibility index (Phi) is 7.55. The van der Waals surface area contributed by atoms with Crippen LogP contribution in [0.2, 0.25) is 0 Å². The number of carbonyl (C=O) groups is 1. The smallest absolute Gasteiger partial charge is 0.230 e. The Bertz CT molecular complexity index is 1160. The van der Waals surface area contributed by atoms with E-state index in [0.29, 0.717) is 19.4 Å². The second-order valence-corrected chi connectivity index (χ2v) is 7.91. The predicted octanol–water partition coefficient (Wildman–Crippen LogP) is 3.70. The molecule has 1 aromatic carbocycles. The number of carbonyl (C=O) groups excluding carboxylic acids is 1. The summed E-state index contributed by atoms with van der Waals surface area (Å²) >= 11 is 1.48. The number of nitrogens with one attached hydrogen (secondary N) is 1. The number of hydrogen-bond donors (Lipinski definition) is 1. The van der Waals surface area contributed by atoms with Gasteiger partial charge in [0.15, 0.2) is 0 Å². The molecule has 0 saturated carbocycles. The zero-order valence-electron chi connectivity index (χ0n) is 17.8. The van der Waals surface area contributed by atoms with Crippen molar-refractivity contribution in [2.24, 2.45) is 17.1 Å². The first-order valence-corrected chi connectivity index (χ1v) is 10.5. The van der Waals surface area contributed by atoms with Crippen LogP contribution in [-0.4, -0.2) is 49.7 Å². The molecule has 31 heavy (non-hydrogen) atoms. The molecule has 1 N–H and O–H groups in total. The van der Waals surface area contributed by atoms with Crippen LogP contribution in [0.25, 0.3) is 10.9 Å². The average molecular weight is 436 g/mol. The van der Waals surface area contributed by atoms with Gasteiger partial charge in [-0.3, -0.25) is 19.6 Å². The summed E-state index contributed by atoms with van der Waals surface area (Å²) in [5.41, 5.74) is 3.65. The van der Waals surface area contributed by atoms with Crippen molar-refractivity contribution in [2.75, 3.05) is 7.05 Å². The number of nitrogens with zero attached hydrogens (tertiary/aromatic N) is 6. The number of benzene rings is 1. The van der Waals surface area contributed by atoms with E-state index in [9.17, 15) is 4.79 Å². The van der Waals surface area contributed by atoms with Crippen molar-refractivity contribution in [1.82, 2.24) is 25.0 Å². The fourth-order valence-electron chi connectivity index (χ4n) is 2.97. The quantitative estimate of drug-likeness (QED) is 0.182. The van der Waals surface area contributed by atoms with E-state index in [0.717, 1.165) is 37.7 Å². The van der Waals surface area contributed by atoms with Gasteiger partial charge in [-0.1, -0.05) is 36.5 Å². The Hall–Kier alpha value is -3.46. The van der Waals surface area contributed by atoms with Gasteiger partial charge in [-0.2, -0.15) is 15.3 Å². The normalized spacial score (nSPS) is 12.6. The van der Waals surface area contributed by atoms with E-state index in [4.69, 9.17) is 0 Å². The highest BCUT2D eigenvalue weighted by atomic mass is 32.2. The zero-order valence-corrected chi connectivity index (χ0v) is 18.6. The second-order valence-electron chi connectivity index (χ2n) is 6.74. The predicted molar refractivity (Wildman–Crippen MR) is 127 cm³/mol. The lowest BCUT2D eigenvalue weighted by atomic mass is 10.1. The maximum atomic E-state index is 11.6. The largest absolute Gasteiger partial charge is 0.285 e. The van der Waals surface area contributed by atoms with Gasteiger partial charge in [0.2, 0.25) is 6.41 Å². The van der Waals surface area contributed by atoms with Crippen LogP contribution in [0, 0.1) is 0 Å². The van der Waals surface area contributed by atoms with E-state index in [-0.39, 0.29) is 0 Å². The van der Waals surface area contributed by atoms with Gasteiger partial charge < -0.3 is 0 Å². The highest BCUT2D eigenvalue weighted by molar-refractivity contribution is 8.17. The second kappa shape index (κ2) is 10.5. The van der Waals surface area contributed by atoms with Crippen molar-refractivity contribution >= 4 is 40.3 Å². The van der Waals surface area contributed by atoms with Crippen LogP contribution in [0.4, 0.5) is 0 Å². The van der Waals surface area contributed by atoms with Crippen LogP contribution in [-0.2, 0) is 24.8 Å². The summed E-state index contributed by atoms with van der Waals surface area (Å²) in [7, 11) is 3.64.